The molecule has 0 radical (unpaired) electrons. The minimum absolute atomic E-state index is 0.241. The fraction of sp³-hybridized carbons (Fsp3) is 0.103. The molecule has 0 aromatic heterocycles. The van der Waals surface area contributed by atoms with Gasteiger partial charge in [-0.05, 0) is 84.8 Å². The van der Waals surface area contributed by atoms with Gasteiger partial charge in [0, 0.05) is 6.21 Å². The number of carboxylic acids is 1. The zero-order valence-electron chi connectivity index (χ0n) is 19.3. The van der Waals surface area contributed by atoms with Gasteiger partial charge in [-0.3, -0.25) is 4.99 Å². The summed E-state index contributed by atoms with van der Waals surface area (Å²) in [6.07, 6.45) is 1.77. The Balaban J connectivity index is 1.40. The van der Waals surface area contributed by atoms with Gasteiger partial charge in [0.05, 0.1) is 17.9 Å². The van der Waals surface area contributed by atoms with Crippen LogP contribution < -0.4 is 14.2 Å². The number of benzene rings is 4. The smallest absolute Gasteiger partial charge is 0.335 e. The van der Waals surface area contributed by atoms with Gasteiger partial charge in [0.1, 0.15) is 18.1 Å². The number of rotatable bonds is 10. The van der Waals surface area contributed by atoms with Crippen molar-refractivity contribution < 1.29 is 24.1 Å². The molecule has 0 saturated heterocycles. The first-order chi connectivity index (χ1) is 17.1. The highest BCUT2D eigenvalue weighted by atomic mass is 16.5. The Morgan fingerprint density at radius 1 is 0.829 bits per heavy atom. The monoisotopic (exact) mass is 467 g/mol. The van der Waals surface area contributed by atoms with Crippen LogP contribution in [0, 0.1) is 0 Å². The molecule has 6 heteroatoms. The van der Waals surface area contributed by atoms with Gasteiger partial charge < -0.3 is 19.3 Å². The third-order valence-electron chi connectivity index (χ3n) is 5.04. The summed E-state index contributed by atoms with van der Waals surface area (Å²) < 4.78 is 17.5. The number of ether oxygens (including phenoxy) is 3. The number of carboxylic acid groups (broad SMARTS) is 1. The lowest BCUT2D eigenvalue weighted by atomic mass is 10.1. The van der Waals surface area contributed by atoms with Crippen molar-refractivity contribution in [2.75, 3.05) is 6.61 Å². The molecule has 0 fully saturated rings. The van der Waals surface area contributed by atoms with E-state index in [1.165, 1.54) is 0 Å². The molecule has 6 nitrogen and oxygen atoms in total. The van der Waals surface area contributed by atoms with Crippen molar-refractivity contribution in [3.8, 4) is 23.0 Å². The fourth-order valence-corrected chi connectivity index (χ4v) is 3.27. The summed E-state index contributed by atoms with van der Waals surface area (Å²) in [6, 6.07) is 29.4. The van der Waals surface area contributed by atoms with E-state index in [2.05, 4.69) is 4.99 Å². The molecule has 0 unspecified atom stereocenters. The van der Waals surface area contributed by atoms with Gasteiger partial charge in [-0.15, -0.1) is 0 Å². The highest BCUT2D eigenvalue weighted by Crippen LogP contribution is 2.29. The minimum Gasteiger partial charge on any atom is -0.490 e. The molecule has 4 aromatic rings. The molecule has 0 aliphatic heterocycles. The van der Waals surface area contributed by atoms with E-state index < -0.39 is 5.97 Å². The predicted molar refractivity (Wildman–Crippen MR) is 136 cm³/mol. The highest BCUT2D eigenvalue weighted by molar-refractivity contribution is 5.87. The van der Waals surface area contributed by atoms with Crippen molar-refractivity contribution in [3.05, 3.63) is 114 Å². The first kappa shape index (κ1) is 23.6. The summed E-state index contributed by atoms with van der Waals surface area (Å²) in [5, 5.41) is 9.02. The summed E-state index contributed by atoms with van der Waals surface area (Å²) in [7, 11) is 0. The van der Waals surface area contributed by atoms with Gasteiger partial charge >= 0.3 is 5.97 Å². The van der Waals surface area contributed by atoms with Gasteiger partial charge in [-0.2, -0.15) is 0 Å². The van der Waals surface area contributed by atoms with Gasteiger partial charge in [0.15, 0.2) is 11.5 Å². The van der Waals surface area contributed by atoms with Crippen LogP contribution in [0.1, 0.15) is 28.4 Å². The molecule has 0 spiro atoms. The van der Waals surface area contributed by atoms with Crippen molar-refractivity contribution in [1.29, 1.82) is 0 Å². The van der Waals surface area contributed by atoms with Gasteiger partial charge in [-0.25, -0.2) is 4.79 Å². The molecule has 1 N–H and O–H groups in total. The molecule has 0 saturated carbocycles. The van der Waals surface area contributed by atoms with Crippen LogP contribution in [0.25, 0.3) is 0 Å². The van der Waals surface area contributed by atoms with Crippen LogP contribution in [0.5, 0.6) is 23.0 Å². The summed E-state index contributed by atoms with van der Waals surface area (Å²) in [5.74, 6) is 1.79. The van der Waals surface area contributed by atoms with Crippen molar-refractivity contribution >= 4 is 17.9 Å². The zero-order chi connectivity index (χ0) is 24.5. The predicted octanol–water partition coefficient (Wildman–Crippen LogP) is 6.91. The maximum Gasteiger partial charge on any atom is 0.335 e. The third kappa shape index (κ3) is 6.71. The Hall–Kier alpha value is -4.58. The Morgan fingerprint density at radius 3 is 2.23 bits per heavy atom. The van der Waals surface area contributed by atoms with Crippen LogP contribution in [0.2, 0.25) is 0 Å². The van der Waals surface area contributed by atoms with Gasteiger partial charge in [-0.1, -0.05) is 30.3 Å². The molecule has 0 atom stereocenters. The largest absolute Gasteiger partial charge is 0.490 e. The van der Waals surface area contributed by atoms with E-state index in [0.717, 1.165) is 28.3 Å². The maximum atomic E-state index is 11.0. The summed E-state index contributed by atoms with van der Waals surface area (Å²) in [4.78, 5) is 15.5. The zero-order valence-corrected chi connectivity index (χ0v) is 19.3. The van der Waals surface area contributed by atoms with E-state index in [4.69, 9.17) is 19.3 Å². The Kier molecular flexibility index (Phi) is 7.76. The van der Waals surface area contributed by atoms with Crippen molar-refractivity contribution in [2.45, 2.75) is 13.5 Å². The third-order valence-corrected chi connectivity index (χ3v) is 5.04. The number of para-hydroxylation sites is 1. The molecule has 0 aliphatic rings. The molecule has 4 aromatic carbocycles. The fourth-order valence-electron chi connectivity index (χ4n) is 3.27. The number of carbonyl (C=O) groups is 1. The average Bonchev–Trinajstić information content (AvgIpc) is 2.89. The second-order valence-electron chi connectivity index (χ2n) is 7.60. The second kappa shape index (κ2) is 11.5. The molecule has 0 aliphatic carbocycles. The highest BCUT2D eigenvalue weighted by Gasteiger charge is 2.08. The van der Waals surface area contributed by atoms with Crippen LogP contribution in [-0.2, 0) is 6.61 Å². The quantitative estimate of drug-likeness (QED) is 0.257. The molecule has 0 heterocycles. The Labute approximate surface area is 204 Å². The van der Waals surface area contributed by atoms with E-state index in [1.807, 2.05) is 79.7 Å². The Morgan fingerprint density at radius 2 is 1.54 bits per heavy atom. The number of aromatic carboxylic acids is 1. The van der Waals surface area contributed by atoms with E-state index in [1.54, 1.807) is 30.5 Å². The first-order valence-electron chi connectivity index (χ1n) is 11.2. The molecule has 0 amide bonds. The lowest BCUT2D eigenvalue weighted by Crippen LogP contribution is -2.01. The summed E-state index contributed by atoms with van der Waals surface area (Å²) in [6.45, 7) is 2.70. The van der Waals surface area contributed by atoms with Crippen molar-refractivity contribution in [2.24, 2.45) is 4.99 Å². The normalized spacial score (nSPS) is 10.8. The number of hydrogen-bond donors (Lipinski definition) is 1. The first-order valence-corrected chi connectivity index (χ1v) is 11.2. The van der Waals surface area contributed by atoms with E-state index in [-0.39, 0.29) is 5.56 Å². The van der Waals surface area contributed by atoms with Crippen LogP contribution in [0.15, 0.2) is 102 Å². The van der Waals surface area contributed by atoms with Crippen LogP contribution in [-0.4, -0.2) is 23.9 Å². The molecular formula is C29H25NO5. The average molecular weight is 468 g/mol. The Bertz CT molecular complexity index is 1280. The molecule has 176 valence electrons. The van der Waals surface area contributed by atoms with Crippen molar-refractivity contribution in [3.63, 3.8) is 0 Å². The molecular weight excluding hydrogens is 442 g/mol. The lowest BCUT2D eigenvalue weighted by molar-refractivity contribution is 0.0697. The van der Waals surface area contributed by atoms with E-state index in [9.17, 15) is 4.79 Å². The van der Waals surface area contributed by atoms with Gasteiger partial charge in [0.25, 0.3) is 0 Å². The second-order valence-corrected chi connectivity index (χ2v) is 7.60. The van der Waals surface area contributed by atoms with Crippen LogP contribution in [0.4, 0.5) is 5.69 Å². The van der Waals surface area contributed by atoms with Crippen molar-refractivity contribution in [1.82, 2.24) is 0 Å². The van der Waals surface area contributed by atoms with Crippen LogP contribution >= 0.6 is 0 Å². The summed E-state index contributed by atoms with van der Waals surface area (Å²) >= 11 is 0. The number of aliphatic imine (C=N–C) groups is 1. The molecule has 4 rings (SSSR count). The summed E-state index contributed by atoms with van der Waals surface area (Å²) in [5.41, 5.74) is 2.78. The maximum absolute atomic E-state index is 11.0. The topological polar surface area (TPSA) is 77.3 Å². The van der Waals surface area contributed by atoms with E-state index >= 15 is 0 Å². The molecule has 35 heavy (non-hydrogen) atoms. The standard InChI is InChI=1S/C29H25NO5/c1-2-33-28-18-22(10-17-27(28)34-20-21-8-11-23(12-9-21)29(31)32)19-30-24-13-15-26(16-14-24)35-25-6-4-3-5-7-25/h3-19H,2,20H2,1H3,(H,31,32). The number of nitrogens with zero attached hydrogens (tertiary/aromatic N) is 1. The van der Waals surface area contributed by atoms with Crippen LogP contribution in [0.3, 0.4) is 0 Å². The number of hydrogen-bond acceptors (Lipinski definition) is 5. The van der Waals surface area contributed by atoms with Gasteiger partial charge in [0.2, 0.25) is 0 Å². The molecule has 0 bridgehead atoms. The lowest BCUT2D eigenvalue weighted by Gasteiger charge is -2.13. The van der Waals surface area contributed by atoms with E-state index in [0.29, 0.717) is 24.7 Å². The minimum atomic E-state index is -0.954. The SMILES string of the molecule is CCOc1cc(C=Nc2ccc(Oc3ccccc3)cc2)ccc1OCc1ccc(C(=O)O)cc1.